The van der Waals surface area contributed by atoms with Gasteiger partial charge in [0.2, 0.25) is 0 Å². The first-order chi connectivity index (χ1) is 17.0. The van der Waals surface area contributed by atoms with Gasteiger partial charge >= 0.3 is 0 Å². The van der Waals surface area contributed by atoms with E-state index in [1.54, 1.807) is 14.0 Å². The lowest BCUT2D eigenvalue weighted by atomic mass is 10.1. The molecule has 0 fully saturated rings. The van der Waals surface area contributed by atoms with Gasteiger partial charge in [0.1, 0.15) is 11.5 Å². The van der Waals surface area contributed by atoms with Crippen LogP contribution < -0.4 is 20.1 Å². The molecule has 36 heavy (non-hydrogen) atoms. The number of ether oxygens (including phenoxy) is 2. The fraction of sp³-hybridized carbons (Fsp3) is 0.269. The van der Waals surface area contributed by atoms with Crippen molar-refractivity contribution in [2.24, 2.45) is 0 Å². The summed E-state index contributed by atoms with van der Waals surface area (Å²) in [6.07, 6.45) is -0.433. The molecule has 0 saturated heterocycles. The number of nitro benzene ring substituents is 1. The maximum Gasteiger partial charge on any atom is 0.271 e. The number of phenolic OH excluding ortho intramolecular Hbond substituents is 1. The minimum Gasteiger partial charge on any atom is -0.504 e. The van der Waals surface area contributed by atoms with Crippen LogP contribution in [0.1, 0.15) is 30.0 Å². The Morgan fingerprint density at radius 2 is 1.78 bits per heavy atom. The average Bonchev–Trinajstić information content (AvgIpc) is 2.85. The van der Waals surface area contributed by atoms with Gasteiger partial charge in [0.25, 0.3) is 11.6 Å². The molecule has 0 radical (unpaired) electrons. The van der Waals surface area contributed by atoms with Crippen LogP contribution >= 0.6 is 11.6 Å². The molecule has 1 atom stereocenters. The topological polar surface area (TPSA) is 123 Å². The second kappa shape index (κ2) is 11.2. The number of nitrogens with zero attached hydrogens (tertiary/aromatic N) is 1. The van der Waals surface area contributed by atoms with E-state index in [2.05, 4.69) is 10.6 Å². The zero-order valence-corrected chi connectivity index (χ0v) is 21.4. The fourth-order valence-corrected chi connectivity index (χ4v) is 3.76. The average molecular weight is 514 g/mol. The Bertz CT molecular complexity index is 1310. The van der Waals surface area contributed by atoms with E-state index in [1.165, 1.54) is 24.3 Å². The van der Waals surface area contributed by atoms with Crippen LogP contribution in [-0.4, -0.2) is 29.1 Å². The number of nitrogens with one attached hydrogen (secondary N) is 2. The predicted molar refractivity (Wildman–Crippen MR) is 140 cm³/mol. The quantitative estimate of drug-likeness (QED) is 0.169. The Hall–Kier alpha value is -3.98. The Kier molecular flexibility index (Phi) is 8.26. The number of nitro groups is 1. The molecule has 9 nitrogen and oxygen atoms in total. The van der Waals surface area contributed by atoms with E-state index in [-0.39, 0.29) is 27.9 Å². The molecule has 3 aromatic carbocycles. The number of aromatic hydroxyl groups is 1. The molecule has 0 bridgehead atoms. The first-order valence-corrected chi connectivity index (χ1v) is 11.6. The Labute approximate surface area is 214 Å². The third kappa shape index (κ3) is 5.80. The minimum atomic E-state index is -0.819. The minimum absolute atomic E-state index is 0.000866. The Morgan fingerprint density at radius 1 is 1.08 bits per heavy atom. The summed E-state index contributed by atoms with van der Waals surface area (Å²) in [5, 5.41) is 27.2. The van der Waals surface area contributed by atoms with Crippen LogP contribution in [0.3, 0.4) is 0 Å². The first-order valence-electron chi connectivity index (χ1n) is 11.3. The molecule has 0 aliphatic carbocycles. The molecule has 190 valence electrons. The van der Waals surface area contributed by atoms with E-state index < -0.39 is 16.9 Å². The van der Waals surface area contributed by atoms with Crippen molar-refractivity contribution in [3.05, 3.63) is 74.3 Å². The van der Waals surface area contributed by atoms with Gasteiger partial charge in [0, 0.05) is 30.8 Å². The van der Waals surface area contributed by atoms with Crippen molar-refractivity contribution in [3.8, 4) is 23.0 Å². The van der Waals surface area contributed by atoms with Crippen molar-refractivity contribution in [2.45, 2.75) is 40.2 Å². The molecular formula is C26H28ClN3O6. The van der Waals surface area contributed by atoms with Crippen molar-refractivity contribution in [1.29, 1.82) is 0 Å². The van der Waals surface area contributed by atoms with E-state index in [0.29, 0.717) is 29.2 Å². The van der Waals surface area contributed by atoms with Crippen molar-refractivity contribution in [2.75, 3.05) is 17.7 Å². The fourth-order valence-electron chi connectivity index (χ4n) is 3.57. The van der Waals surface area contributed by atoms with Gasteiger partial charge in [0.05, 0.1) is 21.3 Å². The lowest BCUT2D eigenvalue weighted by Crippen LogP contribution is -2.32. The first kappa shape index (κ1) is 26.6. The largest absolute Gasteiger partial charge is 0.504 e. The summed E-state index contributed by atoms with van der Waals surface area (Å²) >= 11 is 6.34. The van der Waals surface area contributed by atoms with Crippen molar-refractivity contribution < 1.29 is 24.3 Å². The molecular weight excluding hydrogens is 486 g/mol. The highest BCUT2D eigenvalue weighted by molar-refractivity contribution is 6.33. The van der Waals surface area contributed by atoms with Gasteiger partial charge in [0.15, 0.2) is 17.6 Å². The molecule has 10 heteroatoms. The van der Waals surface area contributed by atoms with E-state index >= 15 is 0 Å². The highest BCUT2D eigenvalue weighted by Gasteiger charge is 2.23. The van der Waals surface area contributed by atoms with E-state index in [1.807, 2.05) is 39.0 Å². The van der Waals surface area contributed by atoms with Crippen LogP contribution in [-0.2, 0) is 4.79 Å². The van der Waals surface area contributed by atoms with Gasteiger partial charge in [-0.15, -0.1) is 0 Å². The summed E-state index contributed by atoms with van der Waals surface area (Å²) < 4.78 is 11.9. The molecule has 3 aromatic rings. The second-order valence-electron chi connectivity index (χ2n) is 8.27. The number of phenols is 1. The van der Waals surface area contributed by atoms with Gasteiger partial charge in [-0.2, -0.15) is 0 Å². The molecule has 0 aliphatic heterocycles. The van der Waals surface area contributed by atoms with Gasteiger partial charge < -0.3 is 25.2 Å². The second-order valence-corrected chi connectivity index (χ2v) is 8.65. The van der Waals surface area contributed by atoms with Crippen LogP contribution in [0.4, 0.5) is 17.1 Å². The standard InChI is InChI=1S/C26H28ClN3O6/c1-6-20(35-21-9-7-14(2)11-15(21)3)26(32)29-19-13-23(16(4)24(27)25(19)31)36-22-10-8-17(30(33)34)12-18(22)28-5/h7-13,20,28,31H,6H2,1-5H3,(H,29,32). The zero-order valence-electron chi connectivity index (χ0n) is 20.6. The van der Waals surface area contributed by atoms with Gasteiger partial charge in [-0.1, -0.05) is 36.2 Å². The van der Waals surface area contributed by atoms with Crippen molar-refractivity contribution in [3.63, 3.8) is 0 Å². The lowest BCUT2D eigenvalue weighted by molar-refractivity contribution is -0.384. The van der Waals surface area contributed by atoms with Gasteiger partial charge in [-0.25, -0.2) is 0 Å². The molecule has 3 N–H and O–H groups in total. The maximum absolute atomic E-state index is 13.0. The lowest BCUT2D eigenvalue weighted by Gasteiger charge is -2.20. The van der Waals surface area contributed by atoms with Crippen LogP contribution in [0, 0.1) is 30.9 Å². The number of aryl methyl sites for hydroxylation is 2. The molecule has 0 spiro atoms. The van der Waals surface area contributed by atoms with Crippen molar-refractivity contribution >= 4 is 34.6 Å². The number of amides is 1. The van der Waals surface area contributed by atoms with Crippen molar-refractivity contribution in [1.82, 2.24) is 0 Å². The number of hydrogen-bond acceptors (Lipinski definition) is 7. The van der Waals surface area contributed by atoms with Crippen LogP contribution in [0.2, 0.25) is 5.02 Å². The Morgan fingerprint density at radius 3 is 2.39 bits per heavy atom. The molecule has 1 amide bonds. The zero-order chi connectivity index (χ0) is 26.6. The van der Waals surface area contributed by atoms with Crippen LogP contribution in [0.25, 0.3) is 0 Å². The van der Waals surface area contributed by atoms with E-state index in [0.717, 1.165) is 11.1 Å². The van der Waals surface area contributed by atoms with E-state index in [9.17, 15) is 20.0 Å². The van der Waals surface area contributed by atoms with E-state index in [4.69, 9.17) is 21.1 Å². The summed E-state index contributed by atoms with van der Waals surface area (Å²) in [7, 11) is 1.61. The third-order valence-corrected chi connectivity index (χ3v) is 6.08. The number of halogens is 1. The smallest absolute Gasteiger partial charge is 0.271 e. The number of rotatable bonds is 9. The summed E-state index contributed by atoms with van der Waals surface area (Å²) in [5.74, 6) is 0.367. The van der Waals surface area contributed by atoms with Gasteiger partial charge in [-0.05, 0) is 44.9 Å². The normalized spacial score (nSPS) is 11.5. The highest BCUT2D eigenvalue weighted by Crippen LogP contribution is 2.43. The molecule has 0 aromatic heterocycles. The molecule has 0 aliphatic rings. The monoisotopic (exact) mass is 513 g/mol. The summed E-state index contributed by atoms with van der Waals surface area (Å²) in [5.41, 5.74) is 2.73. The van der Waals surface area contributed by atoms with Gasteiger partial charge in [-0.3, -0.25) is 14.9 Å². The molecule has 3 rings (SSSR count). The summed E-state index contributed by atoms with van der Waals surface area (Å²) in [6, 6.07) is 11.2. The third-order valence-electron chi connectivity index (χ3n) is 5.62. The van der Waals surface area contributed by atoms with Crippen LogP contribution in [0.15, 0.2) is 42.5 Å². The summed E-state index contributed by atoms with van der Waals surface area (Å²) in [4.78, 5) is 23.6. The molecule has 0 saturated carbocycles. The summed E-state index contributed by atoms with van der Waals surface area (Å²) in [6.45, 7) is 7.34. The number of anilines is 2. The molecule has 0 heterocycles. The SMILES string of the molecule is CCC(Oc1ccc(C)cc1C)C(=O)Nc1cc(Oc2ccc([N+](=O)[O-])cc2NC)c(C)c(Cl)c1O. The highest BCUT2D eigenvalue weighted by atomic mass is 35.5. The van der Waals surface area contributed by atoms with Crippen LogP contribution in [0.5, 0.6) is 23.0 Å². The predicted octanol–water partition coefficient (Wildman–Crippen LogP) is 6.51. The number of non-ortho nitro benzene ring substituents is 1. The number of hydrogen-bond donors (Lipinski definition) is 3. The number of carbonyl (C=O) groups excluding carboxylic acids is 1. The maximum atomic E-state index is 13.0. The number of carbonyl (C=O) groups is 1. The Balaban J connectivity index is 1.89. The number of benzene rings is 3. The molecule has 1 unspecified atom stereocenters.